The number of benzene rings is 1. The van der Waals surface area contributed by atoms with E-state index in [4.69, 9.17) is 23.8 Å². The zero-order chi connectivity index (χ0) is 18.7. The molecule has 0 fully saturated rings. The zero-order valence-corrected chi connectivity index (χ0v) is 17.5. The van der Waals surface area contributed by atoms with Crippen molar-refractivity contribution in [3.8, 4) is 0 Å². The fraction of sp³-hybridized carbons (Fsp3) is 0.235. The predicted octanol–water partition coefficient (Wildman–Crippen LogP) is 3.88. The minimum Gasteiger partial charge on any atom is -0.358 e. The number of halogens is 2. The number of nitrogens with one attached hydrogen (secondary N) is 2. The molecule has 0 saturated carbocycles. The molecule has 0 unspecified atom stereocenters. The average Bonchev–Trinajstić information content (AvgIpc) is 3.11. The van der Waals surface area contributed by atoms with E-state index in [2.05, 4.69) is 36.8 Å². The van der Waals surface area contributed by atoms with Crippen LogP contribution in [0, 0.1) is 6.92 Å². The van der Waals surface area contributed by atoms with Gasteiger partial charge in [0.25, 0.3) is 0 Å². The van der Waals surface area contributed by atoms with Gasteiger partial charge in [-0.2, -0.15) is 10.2 Å². The lowest BCUT2D eigenvalue weighted by Crippen LogP contribution is -2.28. The molecule has 0 aliphatic rings. The molecule has 6 nitrogen and oxygen atoms in total. The van der Waals surface area contributed by atoms with E-state index in [1.165, 1.54) is 0 Å². The Morgan fingerprint density at radius 2 is 2.08 bits per heavy atom. The Morgan fingerprint density at radius 3 is 2.77 bits per heavy atom. The summed E-state index contributed by atoms with van der Waals surface area (Å²) in [7, 11) is 1.91. The van der Waals surface area contributed by atoms with E-state index in [0.717, 1.165) is 26.3 Å². The highest BCUT2D eigenvalue weighted by Gasteiger charge is 2.10. The first-order valence-corrected chi connectivity index (χ1v) is 9.50. The van der Waals surface area contributed by atoms with Crippen molar-refractivity contribution >= 4 is 50.7 Å². The lowest BCUT2D eigenvalue weighted by molar-refractivity contribution is 0.689. The molecule has 0 bridgehead atoms. The van der Waals surface area contributed by atoms with Crippen LogP contribution in [0.1, 0.15) is 16.8 Å². The van der Waals surface area contributed by atoms with Gasteiger partial charge in [-0.1, -0.05) is 29.8 Å². The molecule has 9 heteroatoms. The van der Waals surface area contributed by atoms with E-state index >= 15 is 0 Å². The summed E-state index contributed by atoms with van der Waals surface area (Å²) >= 11 is 15.1. The molecule has 136 valence electrons. The average molecular weight is 454 g/mol. The van der Waals surface area contributed by atoms with Crippen LogP contribution in [0.4, 0.5) is 5.82 Å². The molecule has 0 radical (unpaired) electrons. The number of hydrogen-bond donors (Lipinski definition) is 2. The Morgan fingerprint density at radius 1 is 1.31 bits per heavy atom. The minimum atomic E-state index is 0.497. The van der Waals surface area contributed by atoms with Crippen LogP contribution in [-0.2, 0) is 20.1 Å². The summed E-state index contributed by atoms with van der Waals surface area (Å²) in [5, 5.41) is 16.2. The second-order valence-electron chi connectivity index (χ2n) is 5.80. The summed E-state index contributed by atoms with van der Waals surface area (Å²) in [6, 6.07) is 7.71. The first-order chi connectivity index (χ1) is 12.4. The molecule has 3 aromatic rings. The quantitative estimate of drug-likeness (QED) is 0.574. The molecule has 3 rings (SSSR count). The van der Waals surface area contributed by atoms with Crippen molar-refractivity contribution in [2.45, 2.75) is 20.0 Å². The number of anilines is 1. The molecular weight excluding hydrogens is 436 g/mol. The predicted molar refractivity (Wildman–Crippen MR) is 111 cm³/mol. The number of aryl methyl sites for hydroxylation is 1. The van der Waals surface area contributed by atoms with E-state index in [-0.39, 0.29) is 0 Å². The van der Waals surface area contributed by atoms with Crippen molar-refractivity contribution in [3.63, 3.8) is 0 Å². The molecule has 0 atom stereocenters. The summed E-state index contributed by atoms with van der Waals surface area (Å²) in [6.07, 6.45) is 3.72. The lowest BCUT2D eigenvalue weighted by atomic mass is 10.2. The molecular formula is C17H18BrClN6S. The van der Waals surface area contributed by atoms with Gasteiger partial charge in [0.1, 0.15) is 0 Å². The van der Waals surface area contributed by atoms with Gasteiger partial charge in [0, 0.05) is 36.1 Å². The standard InChI is InChI=1S/C17H18BrClN6S/c1-11-13(8-21-24(11)2)7-20-17(26)22-16-14(18)10-25(23-16)9-12-5-3-4-6-15(12)19/h3-6,8,10H,7,9H2,1-2H3,(H2,20,22,23,26). The van der Waals surface area contributed by atoms with Gasteiger partial charge in [-0.25, -0.2) is 0 Å². The maximum absolute atomic E-state index is 6.21. The molecule has 1 aromatic carbocycles. The van der Waals surface area contributed by atoms with Crippen LogP contribution < -0.4 is 10.6 Å². The first kappa shape index (κ1) is 18.9. The molecule has 0 spiro atoms. The molecule has 26 heavy (non-hydrogen) atoms. The van der Waals surface area contributed by atoms with E-state index in [9.17, 15) is 0 Å². The SMILES string of the molecule is Cc1c(CNC(=S)Nc2nn(Cc3ccccc3Cl)cc2Br)cnn1C. The maximum atomic E-state index is 6.21. The smallest absolute Gasteiger partial charge is 0.172 e. The fourth-order valence-electron chi connectivity index (χ4n) is 2.41. The number of nitrogens with zero attached hydrogens (tertiary/aromatic N) is 4. The Balaban J connectivity index is 1.61. The monoisotopic (exact) mass is 452 g/mol. The zero-order valence-electron chi connectivity index (χ0n) is 14.3. The fourth-order valence-corrected chi connectivity index (χ4v) is 3.19. The molecule has 2 aromatic heterocycles. The van der Waals surface area contributed by atoms with Crippen LogP contribution in [0.2, 0.25) is 5.02 Å². The Bertz CT molecular complexity index is 935. The summed E-state index contributed by atoms with van der Waals surface area (Å²) < 4.78 is 4.47. The van der Waals surface area contributed by atoms with Crippen LogP contribution >= 0.6 is 39.7 Å². The van der Waals surface area contributed by atoms with Gasteiger partial charge in [-0.3, -0.25) is 9.36 Å². The van der Waals surface area contributed by atoms with E-state index in [1.54, 1.807) is 0 Å². The second-order valence-corrected chi connectivity index (χ2v) is 7.47. The largest absolute Gasteiger partial charge is 0.358 e. The third-order valence-corrected chi connectivity index (χ3v) is 5.21. The van der Waals surface area contributed by atoms with Gasteiger partial charge in [0.15, 0.2) is 10.9 Å². The van der Waals surface area contributed by atoms with Gasteiger partial charge in [-0.15, -0.1) is 0 Å². The molecule has 0 amide bonds. The molecule has 0 aliphatic carbocycles. The van der Waals surface area contributed by atoms with Gasteiger partial charge in [-0.05, 0) is 46.7 Å². The first-order valence-electron chi connectivity index (χ1n) is 7.92. The van der Waals surface area contributed by atoms with Crippen LogP contribution in [0.5, 0.6) is 0 Å². The molecule has 0 aliphatic heterocycles. The van der Waals surface area contributed by atoms with Crippen molar-refractivity contribution in [1.29, 1.82) is 0 Å². The van der Waals surface area contributed by atoms with Gasteiger partial charge in [0.05, 0.1) is 17.2 Å². The van der Waals surface area contributed by atoms with Crippen molar-refractivity contribution < 1.29 is 0 Å². The van der Waals surface area contributed by atoms with Crippen molar-refractivity contribution in [2.75, 3.05) is 5.32 Å². The number of thiocarbonyl (C=S) groups is 1. The van der Waals surface area contributed by atoms with Crippen LogP contribution in [0.25, 0.3) is 0 Å². The van der Waals surface area contributed by atoms with Crippen LogP contribution in [0.3, 0.4) is 0 Å². The van der Waals surface area contributed by atoms with Gasteiger partial charge < -0.3 is 10.6 Å². The van der Waals surface area contributed by atoms with E-state index in [0.29, 0.717) is 24.0 Å². The highest BCUT2D eigenvalue weighted by molar-refractivity contribution is 9.10. The Kier molecular flexibility index (Phi) is 5.95. The van der Waals surface area contributed by atoms with Crippen molar-refractivity contribution in [2.24, 2.45) is 7.05 Å². The second kappa shape index (κ2) is 8.20. The van der Waals surface area contributed by atoms with Crippen LogP contribution in [-0.4, -0.2) is 24.7 Å². The van der Waals surface area contributed by atoms with E-state index in [1.807, 2.05) is 60.0 Å². The van der Waals surface area contributed by atoms with Crippen molar-refractivity contribution in [1.82, 2.24) is 24.9 Å². The Hall–Kier alpha value is -1.90. The summed E-state index contributed by atoms with van der Waals surface area (Å²) in [5.41, 5.74) is 3.20. The lowest BCUT2D eigenvalue weighted by Gasteiger charge is -2.09. The maximum Gasteiger partial charge on any atom is 0.172 e. The summed E-state index contributed by atoms with van der Waals surface area (Å²) in [5.74, 6) is 0.650. The normalized spacial score (nSPS) is 10.8. The summed E-state index contributed by atoms with van der Waals surface area (Å²) in [4.78, 5) is 0. The molecule has 0 saturated heterocycles. The third-order valence-electron chi connectivity index (χ3n) is 4.02. The van der Waals surface area contributed by atoms with Crippen LogP contribution in [0.15, 0.2) is 41.1 Å². The van der Waals surface area contributed by atoms with E-state index < -0.39 is 0 Å². The molecule has 2 N–H and O–H groups in total. The number of rotatable bonds is 5. The molecule has 2 heterocycles. The topological polar surface area (TPSA) is 59.7 Å². The van der Waals surface area contributed by atoms with Crippen molar-refractivity contribution in [3.05, 3.63) is 63.0 Å². The van der Waals surface area contributed by atoms with Gasteiger partial charge in [0.2, 0.25) is 0 Å². The number of hydrogen-bond acceptors (Lipinski definition) is 3. The third kappa shape index (κ3) is 4.44. The number of aromatic nitrogens is 4. The highest BCUT2D eigenvalue weighted by atomic mass is 79.9. The van der Waals surface area contributed by atoms with Gasteiger partial charge >= 0.3 is 0 Å². The minimum absolute atomic E-state index is 0.497. The summed E-state index contributed by atoms with van der Waals surface area (Å²) in [6.45, 7) is 3.20. The Labute approximate surface area is 170 Å². The highest BCUT2D eigenvalue weighted by Crippen LogP contribution is 2.22.